The molecule has 3 nitrogen and oxygen atoms in total. The highest BCUT2D eigenvalue weighted by atomic mass is 19.4. The van der Waals surface area contributed by atoms with E-state index in [0.717, 1.165) is 11.1 Å². The van der Waals surface area contributed by atoms with E-state index in [0.29, 0.717) is 17.3 Å². The summed E-state index contributed by atoms with van der Waals surface area (Å²) in [5, 5.41) is 9.68. The first-order valence-corrected chi connectivity index (χ1v) is 7.24. The monoisotopic (exact) mass is 321 g/mol. The highest BCUT2D eigenvalue weighted by molar-refractivity contribution is 5.96. The number of carboxylic acid groups (broad SMARTS) is 1. The number of pyridine rings is 1. The number of allylic oxidation sites excluding steroid dienone is 2. The maximum absolute atomic E-state index is 12.7. The van der Waals surface area contributed by atoms with Crippen LogP contribution in [0.2, 0.25) is 0 Å². The maximum Gasteiger partial charge on any atom is 0.392 e. The second kappa shape index (κ2) is 5.68. The smallest absolute Gasteiger partial charge is 0.392 e. The molecular weight excluding hydrogens is 307 g/mol. The molecule has 0 unspecified atom stereocenters. The van der Waals surface area contributed by atoms with Gasteiger partial charge in [-0.2, -0.15) is 13.2 Å². The average molecular weight is 321 g/mol. The molecular formula is C17H14F3NO2. The molecule has 120 valence electrons. The minimum absolute atomic E-state index is 0.0254. The van der Waals surface area contributed by atoms with Gasteiger partial charge in [0.1, 0.15) is 0 Å². The van der Waals surface area contributed by atoms with E-state index in [1.165, 1.54) is 12.3 Å². The van der Waals surface area contributed by atoms with Crippen LogP contribution in [0.5, 0.6) is 0 Å². The first-order chi connectivity index (χ1) is 10.9. The van der Waals surface area contributed by atoms with Crippen molar-refractivity contribution in [2.24, 2.45) is 5.92 Å². The summed E-state index contributed by atoms with van der Waals surface area (Å²) >= 11 is 0. The summed E-state index contributed by atoms with van der Waals surface area (Å²) in [7, 11) is 0. The van der Waals surface area contributed by atoms with Gasteiger partial charge >= 0.3 is 12.1 Å². The van der Waals surface area contributed by atoms with Crippen LogP contribution in [0.25, 0.3) is 16.5 Å². The van der Waals surface area contributed by atoms with Crippen molar-refractivity contribution in [2.75, 3.05) is 0 Å². The van der Waals surface area contributed by atoms with Crippen LogP contribution in [0.3, 0.4) is 0 Å². The molecule has 23 heavy (non-hydrogen) atoms. The number of fused-ring (bicyclic) bond motifs is 1. The molecule has 1 atom stereocenters. The maximum atomic E-state index is 12.7. The molecule has 0 fully saturated rings. The quantitative estimate of drug-likeness (QED) is 0.874. The van der Waals surface area contributed by atoms with Crippen LogP contribution in [0.15, 0.2) is 36.5 Å². The molecule has 0 bridgehead atoms. The fourth-order valence-corrected chi connectivity index (χ4v) is 2.91. The molecule has 0 aliphatic heterocycles. The zero-order chi connectivity index (χ0) is 16.6. The Hall–Kier alpha value is -2.37. The predicted molar refractivity (Wildman–Crippen MR) is 80.1 cm³/mol. The molecule has 0 saturated heterocycles. The number of aromatic nitrogens is 1. The zero-order valence-electron chi connectivity index (χ0n) is 12.1. The molecule has 6 heteroatoms. The molecule has 0 radical (unpaired) electrons. The Morgan fingerprint density at radius 1 is 1.30 bits per heavy atom. The van der Waals surface area contributed by atoms with E-state index < -0.39 is 18.1 Å². The van der Waals surface area contributed by atoms with Crippen LogP contribution < -0.4 is 0 Å². The summed E-state index contributed by atoms with van der Waals surface area (Å²) in [5.41, 5.74) is 2.32. The Morgan fingerprint density at radius 3 is 2.70 bits per heavy atom. The standard InChI is InChI=1S/C17H14F3NO2/c18-17(19,20)13-6-4-10(5-7-13)14-3-1-2-11-8-12(16(22)23)9-21-15(11)14/h1-4,8-9,13H,5-7H2,(H,22,23)/t13-/m1/s1. The van der Waals surface area contributed by atoms with Crippen molar-refractivity contribution in [3.05, 3.63) is 47.7 Å². The van der Waals surface area contributed by atoms with Gasteiger partial charge in [0.15, 0.2) is 0 Å². The number of rotatable bonds is 2. The summed E-state index contributed by atoms with van der Waals surface area (Å²) in [6.07, 6.45) is -0.873. The Labute approximate surface area is 130 Å². The number of nitrogens with zero attached hydrogens (tertiary/aromatic N) is 1. The molecule has 0 saturated carbocycles. The van der Waals surface area contributed by atoms with E-state index in [2.05, 4.69) is 4.98 Å². The minimum atomic E-state index is -4.16. The summed E-state index contributed by atoms with van der Waals surface area (Å²) in [6.45, 7) is 0. The highest BCUT2D eigenvalue weighted by Crippen LogP contribution is 2.40. The van der Waals surface area contributed by atoms with E-state index in [1.54, 1.807) is 18.2 Å². The lowest BCUT2D eigenvalue weighted by molar-refractivity contribution is -0.175. The SMILES string of the molecule is O=C(O)c1cnc2c(C3=CC[C@@H](C(F)(F)F)CC3)cccc2c1. The summed E-state index contributed by atoms with van der Waals surface area (Å²) in [4.78, 5) is 15.2. The van der Waals surface area contributed by atoms with Gasteiger partial charge in [0.05, 0.1) is 17.0 Å². The first kappa shape index (κ1) is 15.5. The summed E-state index contributed by atoms with van der Waals surface area (Å²) in [6, 6.07) is 6.85. The molecule has 1 aliphatic rings. The van der Waals surface area contributed by atoms with Crippen molar-refractivity contribution in [2.45, 2.75) is 25.4 Å². The Kier molecular flexibility index (Phi) is 3.83. The van der Waals surface area contributed by atoms with Crippen molar-refractivity contribution >= 4 is 22.4 Å². The van der Waals surface area contributed by atoms with E-state index in [9.17, 15) is 18.0 Å². The Morgan fingerprint density at radius 2 is 2.09 bits per heavy atom. The third-order valence-corrected chi connectivity index (χ3v) is 4.18. The van der Waals surface area contributed by atoms with E-state index in [-0.39, 0.29) is 18.4 Å². The number of halogens is 3. The van der Waals surface area contributed by atoms with E-state index in [4.69, 9.17) is 5.11 Å². The molecule has 1 N–H and O–H groups in total. The van der Waals surface area contributed by atoms with Crippen molar-refractivity contribution < 1.29 is 23.1 Å². The molecule has 2 aromatic rings. The van der Waals surface area contributed by atoms with Gasteiger partial charge in [-0.05, 0) is 30.9 Å². The summed E-state index contributed by atoms with van der Waals surface area (Å²) in [5.74, 6) is -2.34. The van der Waals surface area contributed by atoms with Gasteiger partial charge in [0, 0.05) is 17.1 Å². The lowest BCUT2D eigenvalue weighted by Gasteiger charge is -2.24. The van der Waals surface area contributed by atoms with Crippen LogP contribution >= 0.6 is 0 Å². The highest BCUT2D eigenvalue weighted by Gasteiger charge is 2.39. The van der Waals surface area contributed by atoms with Gasteiger partial charge in [-0.3, -0.25) is 4.98 Å². The van der Waals surface area contributed by atoms with Gasteiger partial charge in [-0.25, -0.2) is 4.79 Å². The van der Waals surface area contributed by atoms with Gasteiger partial charge in [-0.15, -0.1) is 0 Å². The fraction of sp³-hybridized carbons (Fsp3) is 0.294. The van der Waals surface area contributed by atoms with Crippen LogP contribution in [0, 0.1) is 5.92 Å². The Bertz CT molecular complexity index is 796. The van der Waals surface area contributed by atoms with Crippen LogP contribution in [0.4, 0.5) is 13.2 Å². The number of benzene rings is 1. The summed E-state index contributed by atoms with van der Waals surface area (Å²) < 4.78 is 38.2. The number of aromatic carboxylic acids is 1. The second-order valence-electron chi connectivity index (χ2n) is 5.65. The third kappa shape index (κ3) is 3.06. The zero-order valence-corrected chi connectivity index (χ0v) is 12.1. The predicted octanol–water partition coefficient (Wildman–Crippen LogP) is 4.68. The first-order valence-electron chi connectivity index (χ1n) is 7.24. The largest absolute Gasteiger partial charge is 0.478 e. The molecule has 1 aromatic heterocycles. The molecule has 0 amide bonds. The minimum Gasteiger partial charge on any atom is -0.478 e. The van der Waals surface area contributed by atoms with Gasteiger partial charge in [-0.1, -0.05) is 24.3 Å². The average Bonchev–Trinajstić information content (AvgIpc) is 2.53. The van der Waals surface area contributed by atoms with Crippen molar-refractivity contribution in [3.8, 4) is 0 Å². The number of carboxylic acids is 1. The molecule has 3 rings (SSSR count). The van der Waals surface area contributed by atoms with E-state index in [1.807, 2.05) is 6.07 Å². The van der Waals surface area contributed by atoms with Crippen molar-refractivity contribution in [1.29, 1.82) is 0 Å². The molecule has 1 heterocycles. The van der Waals surface area contributed by atoms with Gasteiger partial charge in [0.25, 0.3) is 0 Å². The number of carbonyl (C=O) groups is 1. The number of hydrogen-bond acceptors (Lipinski definition) is 2. The lowest BCUT2D eigenvalue weighted by atomic mass is 9.85. The van der Waals surface area contributed by atoms with Crippen LogP contribution in [0.1, 0.15) is 35.2 Å². The molecule has 0 spiro atoms. The van der Waals surface area contributed by atoms with Gasteiger partial charge < -0.3 is 5.11 Å². The molecule has 1 aliphatic carbocycles. The van der Waals surface area contributed by atoms with E-state index >= 15 is 0 Å². The third-order valence-electron chi connectivity index (χ3n) is 4.18. The lowest BCUT2D eigenvalue weighted by Crippen LogP contribution is -2.24. The fourth-order valence-electron chi connectivity index (χ4n) is 2.91. The molecule has 1 aromatic carbocycles. The number of hydrogen-bond donors (Lipinski definition) is 1. The van der Waals surface area contributed by atoms with Crippen LogP contribution in [-0.4, -0.2) is 22.2 Å². The number of alkyl halides is 3. The van der Waals surface area contributed by atoms with Crippen LogP contribution in [-0.2, 0) is 0 Å². The van der Waals surface area contributed by atoms with Crippen molar-refractivity contribution in [3.63, 3.8) is 0 Å². The second-order valence-corrected chi connectivity index (χ2v) is 5.65. The topological polar surface area (TPSA) is 50.2 Å². The van der Waals surface area contributed by atoms with Crippen molar-refractivity contribution in [1.82, 2.24) is 4.98 Å². The normalized spacial score (nSPS) is 18.7. The van der Waals surface area contributed by atoms with Gasteiger partial charge in [0.2, 0.25) is 0 Å². The number of para-hydroxylation sites is 1. The Balaban J connectivity index is 1.98.